The normalized spacial score (nSPS) is 19.9. The molecule has 0 aromatic carbocycles. The summed E-state index contributed by atoms with van der Waals surface area (Å²) in [5, 5.41) is 18.5. The van der Waals surface area contributed by atoms with E-state index in [4.69, 9.17) is 9.47 Å². The van der Waals surface area contributed by atoms with Crippen LogP contribution < -0.4 is 5.32 Å². The fraction of sp³-hybridized carbons (Fsp3) is 0.632. The molecule has 1 aliphatic rings. The Kier molecular flexibility index (Phi) is 6.36. The summed E-state index contributed by atoms with van der Waals surface area (Å²) in [6.45, 7) is 7.77. The molecule has 0 saturated heterocycles. The average molecular weight is 407 g/mol. The monoisotopic (exact) mass is 406 g/mol. The highest BCUT2D eigenvalue weighted by Crippen LogP contribution is 2.30. The van der Waals surface area contributed by atoms with E-state index in [-0.39, 0.29) is 18.5 Å². The van der Waals surface area contributed by atoms with Gasteiger partial charge in [-0.1, -0.05) is 19.6 Å². The fourth-order valence-corrected chi connectivity index (χ4v) is 4.14. The minimum Gasteiger partial charge on any atom is -0.464 e. The van der Waals surface area contributed by atoms with Crippen molar-refractivity contribution in [1.82, 2.24) is 14.8 Å². The van der Waals surface area contributed by atoms with Crippen molar-refractivity contribution in [2.75, 3.05) is 19.0 Å². The molecule has 3 rings (SSSR count). The van der Waals surface area contributed by atoms with Crippen LogP contribution >= 0.6 is 0 Å². The predicted molar refractivity (Wildman–Crippen MR) is 110 cm³/mol. The van der Waals surface area contributed by atoms with E-state index in [0.717, 1.165) is 31.0 Å². The number of anilines is 1. The van der Waals surface area contributed by atoms with Crippen LogP contribution in [0.2, 0.25) is 25.7 Å². The Morgan fingerprint density at radius 3 is 2.82 bits per heavy atom. The van der Waals surface area contributed by atoms with Crippen LogP contribution in [-0.4, -0.2) is 59.8 Å². The van der Waals surface area contributed by atoms with E-state index in [1.165, 1.54) is 7.11 Å². The Balaban J connectivity index is 1.88. The second kappa shape index (κ2) is 8.58. The molecule has 9 heteroatoms. The number of nitrogens with zero attached hydrogens (tertiary/aromatic N) is 3. The van der Waals surface area contributed by atoms with Gasteiger partial charge in [0.1, 0.15) is 6.73 Å². The van der Waals surface area contributed by atoms with Crippen molar-refractivity contribution in [1.29, 1.82) is 0 Å². The molecule has 1 fully saturated rings. The quantitative estimate of drug-likeness (QED) is 0.395. The number of aromatic nitrogens is 3. The van der Waals surface area contributed by atoms with Crippen LogP contribution in [0.25, 0.3) is 11.0 Å². The molecule has 8 nitrogen and oxygen atoms in total. The molecule has 0 unspecified atom stereocenters. The van der Waals surface area contributed by atoms with E-state index in [1.54, 1.807) is 16.9 Å². The lowest BCUT2D eigenvalue weighted by molar-refractivity contribution is 0.0585. The highest BCUT2D eigenvalue weighted by molar-refractivity contribution is 6.76. The van der Waals surface area contributed by atoms with Gasteiger partial charge in [0, 0.05) is 26.6 Å². The third kappa shape index (κ3) is 4.71. The molecule has 2 aromatic heterocycles. The summed E-state index contributed by atoms with van der Waals surface area (Å²) in [5.74, 6) is -0.520. The Labute approximate surface area is 166 Å². The minimum atomic E-state index is -1.18. The second-order valence-corrected chi connectivity index (χ2v) is 14.1. The maximum atomic E-state index is 12.3. The van der Waals surface area contributed by atoms with Crippen LogP contribution in [0.4, 0.5) is 5.69 Å². The van der Waals surface area contributed by atoms with Gasteiger partial charge in [-0.25, -0.2) is 14.5 Å². The zero-order valence-electron chi connectivity index (χ0n) is 17.1. The van der Waals surface area contributed by atoms with Crippen molar-refractivity contribution < 1.29 is 19.4 Å². The summed E-state index contributed by atoms with van der Waals surface area (Å²) < 4.78 is 12.3. The van der Waals surface area contributed by atoms with Crippen LogP contribution in [0.3, 0.4) is 0 Å². The fourth-order valence-electron chi connectivity index (χ4n) is 3.39. The van der Waals surface area contributed by atoms with Crippen LogP contribution in [0.1, 0.15) is 29.8 Å². The van der Waals surface area contributed by atoms with Crippen LogP contribution in [0, 0.1) is 0 Å². The number of aliphatic hydroxyl groups excluding tert-OH is 1. The lowest BCUT2D eigenvalue weighted by atomic mass is 10.1. The number of rotatable bonds is 8. The first-order valence-corrected chi connectivity index (χ1v) is 13.5. The molecule has 1 saturated carbocycles. The lowest BCUT2D eigenvalue weighted by Crippen LogP contribution is -2.28. The molecule has 28 heavy (non-hydrogen) atoms. The first-order valence-electron chi connectivity index (χ1n) is 9.76. The summed E-state index contributed by atoms with van der Waals surface area (Å²) >= 11 is 0. The highest BCUT2D eigenvalue weighted by atomic mass is 28.3. The van der Waals surface area contributed by atoms with Crippen molar-refractivity contribution in [2.45, 2.75) is 63.8 Å². The van der Waals surface area contributed by atoms with E-state index in [9.17, 15) is 9.90 Å². The summed E-state index contributed by atoms with van der Waals surface area (Å²) in [6.07, 6.45) is 3.91. The first kappa shape index (κ1) is 20.8. The van der Waals surface area contributed by atoms with Crippen molar-refractivity contribution in [3.63, 3.8) is 0 Å². The van der Waals surface area contributed by atoms with E-state index in [0.29, 0.717) is 17.6 Å². The number of fused-ring (bicyclic) bond motifs is 1. The summed E-state index contributed by atoms with van der Waals surface area (Å²) in [5.41, 5.74) is 1.49. The van der Waals surface area contributed by atoms with Crippen LogP contribution in [0.15, 0.2) is 12.3 Å². The SMILES string of the molecule is COC(=O)c1nn(COCC[Si](C)(C)C)c2nccc(N[C@@H]3CCC[C@H]3O)c12. The van der Waals surface area contributed by atoms with Gasteiger partial charge in [-0.3, -0.25) is 0 Å². The molecule has 154 valence electrons. The minimum absolute atomic E-state index is 0.0487. The Morgan fingerprint density at radius 2 is 2.18 bits per heavy atom. The number of hydrogen-bond donors (Lipinski definition) is 2. The number of pyridine rings is 1. The maximum Gasteiger partial charge on any atom is 0.359 e. The number of methoxy groups -OCH3 is 1. The number of carbonyl (C=O) groups excluding carboxylic acids is 1. The van der Waals surface area contributed by atoms with Crippen molar-refractivity contribution in [3.8, 4) is 0 Å². The number of carbonyl (C=O) groups is 1. The second-order valence-electron chi connectivity index (χ2n) is 8.49. The molecule has 0 aliphatic heterocycles. The first-order chi connectivity index (χ1) is 13.3. The molecule has 0 radical (unpaired) electrons. The zero-order valence-corrected chi connectivity index (χ0v) is 18.1. The molecule has 1 aliphatic carbocycles. The van der Waals surface area contributed by atoms with Crippen molar-refractivity contribution in [3.05, 3.63) is 18.0 Å². The van der Waals surface area contributed by atoms with Crippen molar-refractivity contribution in [2.24, 2.45) is 0 Å². The lowest BCUT2D eigenvalue weighted by Gasteiger charge is -2.18. The molecule has 0 amide bonds. The topological polar surface area (TPSA) is 98.5 Å². The van der Waals surface area contributed by atoms with Gasteiger partial charge in [-0.05, 0) is 31.4 Å². The van der Waals surface area contributed by atoms with Gasteiger partial charge in [0.05, 0.1) is 24.6 Å². The number of esters is 1. The largest absolute Gasteiger partial charge is 0.464 e. The van der Waals surface area contributed by atoms with Gasteiger partial charge >= 0.3 is 5.97 Å². The smallest absolute Gasteiger partial charge is 0.359 e. The summed E-state index contributed by atoms with van der Waals surface area (Å²) in [6, 6.07) is 2.81. The Bertz CT molecular complexity index is 833. The number of ether oxygens (including phenoxy) is 2. The van der Waals surface area contributed by atoms with E-state index < -0.39 is 20.1 Å². The zero-order chi connectivity index (χ0) is 20.3. The standard InChI is InChI=1S/C19H30N4O4Si/c1-26-19(25)17-16-14(21-13-6-5-7-15(13)24)8-9-20-18(16)23(22-17)12-27-10-11-28(2,3)4/h8-9,13,15,24H,5-7,10-12H2,1-4H3,(H,20,21)/t13-,15-/m1/s1. The molecule has 2 N–H and O–H groups in total. The van der Waals surface area contributed by atoms with Gasteiger partial charge in [-0.15, -0.1) is 0 Å². The predicted octanol–water partition coefficient (Wildman–Crippen LogP) is 2.86. The molecule has 0 bridgehead atoms. The van der Waals surface area contributed by atoms with E-state index >= 15 is 0 Å². The van der Waals surface area contributed by atoms with Gasteiger partial charge in [0.2, 0.25) is 0 Å². The average Bonchev–Trinajstić information content (AvgIpc) is 3.22. The van der Waals surface area contributed by atoms with Gasteiger partial charge < -0.3 is 19.9 Å². The van der Waals surface area contributed by atoms with Gasteiger partial charge in [0.25, 0.3) is 0 Å². The molecular formula is C19H30N4O4Si. The number of aliphatic hydroxyl groups is 1. The Hall–Kier alpha value is -1.97. The third-order valence-electron chi connectivity index (χ3n) is 5.04. The summed E-state index contributed by atoms with van der Waals surface area (Å²) in [4.78, 5) is 16.7. The number of hydrogen-bond acceptors (Lipinski definition) is 7. The van der Waals surface area contributed by atoms with E-state index in [2.05, 4.69) is 35.0 Å². The third-order valence-corrected chi connectivity index (χ3v) is 6.75. The molecule has 2 atom stereocenters. The summed E-state index contributed by atoms with van der Waals surface area (Å²) in [7, 11) is 0.153. The molecule has 2 heterocycles. The van der Waals surface area contributed by atoms with Crippen LogP contribution in [-0.2, 0) is 16.2 Å². The highest BCUT2D eigenvalue weighted by Gasteiger charge is 2.28. The van der Waals surface area contributed by atoms with Gasteiger partial charge in [-0.2, -0.15) is 5.10 Å². The van der Waals surface area contributed by atoms with Crippen molar-refractivity contribution >= 4 is 30.8 Å². The molecular weight excluding hydrogens is 376 g/mol. The van der Waals surface area contributed by atoms with Crippen LogP contribution in [0.5, 0.6) is 0 Å². The molecule has 2 aromatic rings. The van der Waals surface area contributed by atoms with Gasteiger partial charge in [0.15, 0.2) is 11.3 Å². The Morgan fingerprint density at radius 1 is 1.39 bits per heavy atom. The maximum absolute atomic E-state index is 12.3. The van der Waals surface area contributed by atoms with E-state index in [1.807, 2.05) is 0 Å². The molecule has 0 spiro atoms. The number of nitrogens with one attached hydrogen (secondary N) is 1.